The molecule has 1 aliphatic heterocycles. The molecule has 2 amide bonds. The molecule has 1 saturated heterocycles. The second-order valence-corrected chi connectivity index (χ2v) is 15.2. The Hall–Kier alpha value is -4.42. The summed E-state index contributed by atoms with van der Waals surface area (Å²) in [5.74, 6) is -0.198. The van der Waals surface area contributed by atoms with Crippen molar-refractivity contribution in [3.63, 3.8) is 0 Å². The molecule has 2 N–H and O–H groups in total. The number of carbonyl (C=O) groups is 2. The number of benzene rings is 4. The number of hydrogen-bond acceptors (Lipinski definition) is 8. The molecule has 46 heavy (non-hydrogen) atoms. The van der Waals surface area contributed by atoms with Crippen LogP contribution in [0, 0.1) is 20.2 Å². The second-order valence-electron chi connectivity index (χ2n) is 10.4. The zero-order valence-corrected chi connectivity index (χ0v) is 28.0. The molecule has 0 radical (unpaired) electrons. The first-order chi connectivity index (χ1) is 22.2. The van der Waals surface area contributed by atoms with E-state index in [0.717, 1.165) is 17.8 Å². The van der Waals surface area contributed by atoms with E-state index in [-0.39, 0.29) is 66.2 Å². The molecule has 1 aliphatic rings. The number of nitro benzene ring substituents is 2. The van der Waals surface area contributed by atoms with Crippen LogP contribution in [0.25, 0.3) is 0 Å². The number of anilines is 2. The zero-order valence-electron chi connectivity index (χ0n) is 24.5. The average molecular weight is 753 g/mol. The predicted octanol–water partition coefficient (Wildman–Crippen LogP) is 1.01. The third kappa shape index (κ3) is 9.79. The van der Waals surface area contributed by atoms with Crippen LogP contribution in [0.1, 0.15) is 0 Å². The summed E-state index contributed by atoms with van der Waals surface area (Å²) >= 11 is -0.00347. The van der Waals surface area contributed by atoms with E-state index >= 15 is 0 Å². The molecule has 4 aromatic rings. The molecule has 1 heterocycles. The average Bonchev–Trinajstić information content (AvgIpc) is 3.04. The number of hydrogen-bond donors (Lipinski definition) is 2. The van der Waals surface area contributed by atoms with Gasteiger partial charge in [-0.25, -0.2) is 0 Å². The number of nitrogens with zero attached hydrogens (tertiary/aromatic N) is 4. The summed E-state index contributed by atoms with van der Waals surface area (Å²) in [4.78, 5) is 50.3. The quantitative estimate of drug-likeness (QED) is 0.124. The standard InChI is InChI=1S/C32H30N6O6Se2/c39-31(33-23-1-9-27(10-2-23)45-29-13-5-25(6-14-29)37(41)42)21-35-17-19-36(20-18-35)22-32(40)34-24-3-11-28(12-4-24)46-30-15-7-26(8-16-30)38(43)44/h1-16H,17-22H2,(H,33,39)(H,34,40). The first kappa shape index (κ1) is 33.0. The fourth-order valence-corrected chi connectivity index (χ4v) is 8.10. The first-order valence-electron chi connectivity index (χ1n) is 14.3. The van der Waals surface area contributed by atoms with Crippen LogP contribution in [0.4, 0.5) is 22.7 Å². The van der Waals surface area contributed by atoms with Crippen molar-refractivity contribution in [2.45, 2.75) is 0 Å². The Morgan fingerprint density at radius 1 is 0.543 bits per heavy atom. The van der Waals surface area contributed by atoms with E-state index < -0.39 is 9.85 Å². The van der Waals surface area contributed by atoms with Gasteiger partial charge in [0.15, 0.2) is 0 Å². The molecule has 0 spiro atoms. The Balaban J connectivity index is 0.995. The SMILES string of the molecule is O=C(CN1CCN(CC(=O)Nc2ccc([Se]c3ccc([N+](=O)[O-])cc3)cc2)CC1)Nc1ccc([Se]c2ccc([N+](=O)[O-])cc2)cc1. The number of piperazine rings is 1. The van der Waals surface area contributed by atoms with E-state index in [0.29, 0.717) is 37.6 Å². The van der Waals surface area contributed by atoms with Gasteiger partial charge in [-0.05, 0) is 0 Å². The number of nitro groups is 2. The fraction of sp³-hybridized carbons (Fsp3) is 0.188. The third-order valence-corrected chi connectivity index (χ3v) is 11.3. The monoisotopic (exact) mass is 754 g/mol. The normalized spacial score (nSPS) is 13.6. The predicted molar refractivity (Wildman–Crippen MR) is 179 cm³/mol. The molecular weight excluding hydrogens is 722 g/mol. The Labute approximate surface area is 277 Å². The number of non-ortho nitro benzene ring substituents is 2. The maximum absolute atomic E-state index is 12.7. The fourth-order valence-electron chi connectivity index (χ4n) is 4.67. The molecule has 0 saturated carbocycles. The first-order valence-corrected chi connectivity index (χ1v) is 17.7. The van der Waals surface area contributed by atoms with Gasteiger partial charge < -0.3 is 0 Å². The van der Waals surface area contributed by atoms with Crippen LogP contribution >= 0.6 is 0 Å². The molecule has 236 valence electrons. The van der Waals surface area contributed by atoms with Crippen molar-refractivity contribution in [3.8, 4) is 0 Å². The van der Waals surface area contributed by atoms with Gasteiger partial charge in [0.2, 0.25) is 0 Å². The van der Waals surface area contributed by atoms with Gasteiger partial charge in [0, 0.05) is 0 Å². The third-order valence-electron chi connectivity index (χ3n) is 7.04. The van der Waals surface area contributed by atoms with Gasteiger partial charge in [-0.1, -0.05) is 0 Å². The van der Waals surface area contributed by atoms with Crippen LogP contribution in [0.5, 0.6) is 0 Å². The van der Waals surface area contributed by atoms with Gasteiger partial charge in [-0.3, -0.25) is 0 Å². The Morgan fingerprint density at radius 3 is 1.11 bits per heavy atom. The summed E-state index contributed by atoms with van der Waals surface area (Å²) in [5, 5.41) is 27.6. The molecule has 12 nitrogen and oxygen atoms in total. The van der Waals surface area contributed by atoms with Crippen LogP contribution in [-0.4, -0.2) is 101 Å². The molecule has 0 atom stereocenters. The summed E-state index contributed by atoms with van der Waals surface area (Å²) < 4.78 is 4.24. The Kier molecular flexibility index (Phi) is 11.3. The molecule has 0 bridgehead atoms. The van der Waals surface area contributed by atoms with E-state index in [1.165, 1.54) is 24.3 Å². The summed E-state index contributed by atoms with van der Waals surface area (Å²) in [5.41, 5.74) is 1.57. The van der Waals surface area contributed by atoms with Crippen molar-refractivity contribution >= 4 is 82.3 Å². The van der Waals surface area contributed by atoms with Crippen molar-refractivity contribution in [1.29, 1.82) is 0 Å². The Bertz CT molecular complexity index is 1550. The van der Waals surface area contributed by atoms with Crippen molar-refractivity contribution < 1.29 is 19.4 Å². The maximum atomic E-state index is 12.7. The summed E-state index contributed by atoms with van der Waals surface area (Å²) in [6.45, 7) is 3.24. The van der Waals surface area contributed by atoms with Gasteiger partial charge in [0.25, 0.3) is 0 Å². The van der Waals surface area contributed by atoms with Crippen molar-refractivity contribution in [3.05, 3.63) is 117 Å². The van der Waals surface area contributed by atoms with E-state index in [1.54, 1.807) is 24.3 Å². The molecule has 14 heteroatoms. The summed E-state index contributed by atoms with van der Waals surface area (Å²) in [6, 6.07) is 28.4. The van der Waals surface area contributed by atoms with Crippen LogP contribution in [0.2, 0.25) is 0 Å². The molecule has 5 rings (SSSR count). The molecule has 1 fully saturated rings. The zero-order chi connectivity index (χ0) is 32.5. The second kappa shape index (κ2) is 15.7. The number of carbonyl (C=O) groups excluding carboxylic acids is 2. The van der Waals surface area contributed by atoms with E-state index in [2.05, 4.69) is 20.4 Å². The van der Waals surface area contributed by atoms with Crippen molar-refractivity contribution in [2.75, 3.05) is 49.9 Å². The van der Waals surface area contributed by atoms with Gasteiger partial charge >= 0.3 is 279 Å². The molecule has 0 aromatic heterocycles. The molecular formula is C32H30N6O6Se2. The van der Waals surface area contributed by atoms with Crippen LogP contribution in [0.15, 0.2) is 97.1 Å². The minimum atomic E-state index is -0.411. The van der Waals surface area contributed by atoms with Crippen molar-refractivity contribution in [1.82, 2.24) is 9.80 Å². The van der Waals surface area contributed by atoms with E-state index in [4.69, 9.17) is 0 Å². The van der Waals surface area contributed by atoms with Gasteiger partial charge in [-0.2, -0.15) is 0 Å². The van der Waals surface area contributed by atoms with Crippen molar-refractivity contribution in [2.24, 2.45) is 0 Å². The van der Waals surface area contributed by atoms with Crippen LogP contribution < -0.4 is 28.5 Å². The molecule has 4 aromatic carbocycles. The molecule has 0 aliphatic carbocycles. The topological polar surface area (TPSA) is 151 Å². The van der Waals surface area contributed by atoms with Gasteiger partial charge in [-0.15, -0.1) is 0 Å². The number of amides is 2. The summed E-state index contributed by atoms with van der Waals surface area (Å²) in [6.07, 6.45) is 0. The number of nitrogens with one attached hydrogen (secondary N) is 2. The molecule has 0 unspecified atom stereocenters. The van der Waals surface area contributed by atoms with Gasteiger partial charge in [0.1, 0.15) is 0 Å². The van der Waals surface area contributed by atoms with Crippen LogP contribution in [0.3, 0.4) is 0 Å². The number of rotatable bonds is 12. The van der Waals surface area contributed by atoms with Gasteiger partial charge in [0.05, 0.1) is 0 Å². The summed E-state index contributed by atoms with van der Waals surface area (Å²) in [7, 11) is 0. The van der Waals surface area contributed by atoms with Crippen LogP contribution in [-0.2, 0) is 9.59 Å². The van der Waals surface area contributed by atoms with E-state index in [1.807, 2.05) is 48.5 Å². The van der Waals surface area contributed by atoms with E-state index in [9.17, 15) is 29.8 Å². The Morgan fingerprint density at radius 2 is 0.826 bits per heavy atom. The minimum absolute atomic E-state index is 0.00174.